The number of esters is 1. The molecule has 7 nitrogen and oxygen atoms in total. The summed E-state index contributed by atoms with van der Waals surface area (Å²) in [7, 11) is 0. The number of hydrogen-bond donors (Lipinski definition) is 2. The van der Waals surface area contributed by atoms with Gasteiger partial charge in [-0.25, -0.2) is 0 Å². The van der Waals surface area contributed by atoms with Crippen LogP contribution in [-0.4, -0.2) is 40.0 Å². The van der Waals surface area contributed by atoms with Crippen LogP contribution in [0.4, 0.5) is 0 Å². The average molecular weight is 684 g/mol. The molecule has 5 rings (SSSR count). The van der Waals surface area contributed by atoms with Gasteiger partial charge in [0.25, 0.3) is 0 Å². The van der Waals surface area contributed by atoms with Crippen LogP contribution in [-0.2, 0) is 43.4 Å². The van der Waals surface area contributed by atoms with Gasteiger partial charge in [-0.05, 0) is 104 Å². The summed E-state index contributed by atoms with van der Waals surface area (Å²) in [4.78, 5) is 50.3. The van der Waals surface area contributed by atoms with Gasteiger partial charge in [-0.2, -0.15) is 0 Å². The van der Waals surface area contributed by atoms with Gasteiger partial charge in [0, 0.05) is 30.8 Å². The van der Waals surface area contributed by atoms with Crippen molar-refractivity contribution in [3.8, 4) is 0 Å². The van der Waals surface area contributed by atoms with E-state index in [1.165, 1.54) is 5.57 Å². The Morgan fingerprint density at radius 1 is 0.886 bits per heavy atom. The topological polar surface area (TPSA) is 118 Å². The number of fused-ring (bicyclic) bond motifs is 7. The smallest absolute Gasteiger partial charge is 1.00 e. The molecular formula is C34H52Na2O7Zn. The van der Waals surface area contributed by atoms with E-state index in [0.29, 0.717) is 19.3 Å². The van der Waals surface area contributed by atoms with Crippen molar-refractivity contribution in [1.82, 2.24) is 0 Å². The Hall–Kier alpha value is 0.443. The molecule has 0 unspecified atom stereocenters. The molecule has 234 valence electrons. The molecule has 0 aromatic carbocycles. The third kappa shape index (κ3) is 6.09. The van der Waals surface area contributed by atoms with Gasteiger partial charge in [0.05, 0.1) is 18.3 Å². The second-order valence-electron chi connectivity index (χ2n) is 16.3. The number of carbonyl (C=O) groups is 4. The summed E-state index contributed by atoms with van der Waals surface area (Å²) >= 11 is 0. The van der Waals surface area contributed by atoms with Gasteiger partial charge in [0.1, 0.15) is 6.10 Å². The molecule has 0 radical (unpaired) electrons. The van der Waals surface area contributed by atoms with Crippen molar-refractivity contribution in [2.75, 3.05) is 0 Å². The van der Waals surface area contributed by atoms with Crippen molar-refractivity contribution < 1.29 is 116 Å². The minimum absolute atomic E-state index is 0. The van der Waals surface area contributed by atoms with E-state index in [-0.39, 0.29) is 151 Å². The number of rotatable bonds is 5. The zero-order chi connectivity index (χ0) is 30.4. The summed E-state index contributed by atoms with van der Waals surface area (Å²) in [6.07, 6.45) is 8.80. The maximum absolute atomic E-state index is 14.5. The van der Waals surface area contributed by atoms with Crippen molar-refractivity contribution >= 4 is 23.7 Å². The molecule has 4 saturated carbocycles. The Kier molecular flexibility index (Phi) is 12.4. The maximum Gasteiger partial charge on any atom is 1.00 e. The minimum atomic E-state index is -1.01. The fraction of sp³-hybridized carbons (Fsp3) is 0.824. The Morgan fingerprint density at radius 3 is 2.09 bits per heavy atom. The van der Waals surface area contributed by atoms with Crippen molar-refractivity contribution in [2.45, 2.75) is 125 Å². The van der Waals surface area contributed by atoms with E-state index in [0.717, 1.165) is 38.5 Å². The summed E-state index contributed by atoms with van der Waals surface area (Å²) in [5.41, 5.74) is -0.553. The molecule has 0 bridgehead atoms. The molecule has 0 aliphatic heterocycles. The Morgan fingerprint density at radius 2 is 1.50 bits per heavy atom. The first-order valence-electron chi connectivity index (χ1n) is 15.7. The summed E-state index contributed by atoms with van der Waals surface area (Å²) in [5, 5.41) is 19.1. The molecular weight excluding hydrogens is 632 g/mol. The largest absolute Gasteiger partial charge is 1.00 e. The molecule has 9 atom stereocenters. The van der Waals surface area contributed by atoms with Crippen LogP contribution in [0.3, 0.4) is 0 Å². The molecule has 5 aliphatic rings. The van der Waals surface area contributed by atoms with Gasteiger partial charge < -0.3 is 17.8 Å². The quantitative estimate of drug-likeness (QED) is 0.329. The molecule has 0 aromatic rings. The summed E-state index contributed by atoms with van der Waals surface area (Å²) < 4.78 is 5.91. The first-order valence-corrected chi connectivity index (χ1v) is 15.7. The molecule has 0 amide bonds. The SMILES string of the molecule is CC1(C)[C@@H](OC(=O)CCC(=O)O)CC[C@]2(C)[C@H]3C(=O)C=C4[C@@H]5C[C@@](C)(C(=O)O)CC[C@]5(C)CC[C@@]4(C)[C@]3(C)CC[C@@H]12.[H-].[H-].[Na+].[Na+].[Zn]. The van der Waals surface area contributed by atoms with E-state index < -0.39 is 23.3 Å². The number of carboxylic acids is 2. The van der Waals surface area contributed by atoms with Crippen LogP contribution in [0, 0.1) is 50.2 Å². The number of hydrogen-bond acceptors (Lipinski definition) is 5. The molecule has 0 saturated heterocycles. The summed E-state index contributed by atoms with van der Waals surface area (Å²) in [6, 6.07) is 0. The van der Waals surface area contributed by atoms with Crippen molar-refractivity contribution in [3.05, 3.63) is 11.6 Å². The molecule has 4 fully saturated rings. The predicted octanol–water partition coefficient (Wildman–Crippen LogP) is 1.06. The van der Waals surface area contributed by atoms with Crippen LogP contribution in [0.1, 0.15) is 122 Å². The van der Waals surface area contributed by atoms with Gasteiger partial charge >= 0.3 is 77.0 Å². The first kappa shape index (κ1) is 40.6. The summed E-state index contributed by atoms with van der Waals surface area (Å²) in [5.74, 6) is -1.87. The Labute approximate surface area is 323 Å². The van der Waals surface area contributed by atoms with Crippen molar-refractivity contribution in [3.63, 3.8) is 0 Å². The van der Waals surface area contributed by atoms with Crippen molar-refractivity contribution in [2.24, 2.45) is 50.2 Å². The second kappa shape index (κ2) is 13.4. The van der Waals surface area contributed by atoms with Crippen LogP contribution in [0.15, 0.2) is 11.6 Å². The first-order chi connectivity index (χ1) is 18.8. The van der Waals surface area contributed by atoms with E-state index in [4.69, 9.17) is 9.84 Å². The fourth-order valence-electron chi connectivity index (χ4n) is 11.0. The van der Waals surface area contributed by atoms with Gasteiger partial charge in [0.2, 0.25) is 0 Å². The fourth-order valence-corrected chi connectivity index (χ4v) is 11.0. The number of ether oxygens (including phenoxy) is 1. The van der Waals surface area contributed by atoms with Crippen LogP contribution in [0.5, 0.6) is 0 Å². The van der Waals surface area contributed by atoms with Crippen LogP contribution < -0.4 is 59.1 Å². The number of carbonyl (C=O) groups excluding carboxylic acids is 2. The molecule has 0 aromatic heterocycles. The zero-order valence-corrected chi connectivity index (χ0v) is 35.8. The van der Waals surface area contributed by atoms with E-state index in [1.807, 2.05) is 13.0 Å². The Bertz CT molecular complexity index is 1230. The van der Waals surface area contributed by atoms with Crippen LogP contribution in [0.2, 0.25) is 0 Å². The molecule has 44 heavy (non-hydrogen) atoms. The predicted molar refractivity (Wildman–Crippen MR) is 156 cm³/mol. The molecule has 10 heteroatoms. The number of aliphatic carboxylic acids is 2. The van der Waals surface area contributed by atoms with Gasteiger partial charge in [0.15, 0.2) is 5.78 Å². The zero-order valence-electron chi connectivity index (χ0n) is 30.8. The van der Waals surface area contributed by atoms with Gasteiger partial charge in [-0.15, -0.1) is 0 Å². The Balaban J connectivity index is 0.00000405. The molecule has 5 aliphatic carbocycles. The van der Waals surface area contributed by atoms with E-state index >= 15 is 0 Å². The number of allylic oxidation sites excluding steroid dienone is 2. The maximum atomic E-state index is 14.5. The minimum Gasteiger partial charge on any atom is -1.00 e. The third-order valence-electron chi connectivity index (χ3n) is 13.8. The van der Waals surface area contributed by atoms with Crippen LogP contribution in [0.25, 0.3) is 0 Å². The van der Waals surface area contributed by atoms with E-state index in [9.17, 15) is 24.3 Å². The second-order valence-corrected chi connectivity index (χ2v) is 16.3. The average Bonchev–Trinajstić information content (AvgIpc) is 2.86. The standard InChI is InChI=1S/C34H50O7.2Na.Zn.2H/c1-29(2)23-10-13-34(7)27(32(23,5)12-11-24(29)41-26(38)9-8-25(36)37)22(35)18-20-21-19-31(4,28(39)40)15-14-30(21,3)16-17-33(20,34)6;;;;;/h18,21,23-24,27H,8-17,19H2,1-7H3,(H,36,37)(H,39,40);;;;;/q;2*+1;;2*-1/t21-,23-,24-,27+,30+,31-,32-,33+,34+;;;;;/m0...../s1. The number of carboxylic acid groups (broad SMARTS) is 2. The molecule has 0 spiro atoms. The van der Waals surface area contributed by atoms with Gasteiger partial charge in [-0.1, -0.05) is 47.1 Å². The van der Waals surface area contributed by atoms with E-state index in [1.54, 1.807) is 0 Å². The normalized spacial score (nSPS) is 43.4. The number of ketones is 1. The van der Waals surface area contributed by atoms with Crippen molar-refractivity contribution in [1.29, 1.82) is 0 Å². The monoisotopic (exact) mass is 682 g/mol. The molecule has 0 heterocycles. The molecule has 2 N–H and O–H groups in total. The van der Waals surface area contributed by atoms with Gasteiger partial charge in [-0.3, -0.25) is 19.2 Å². The third-order valence-corrected chi connectivity index (χ3v) is 13.8. The van der Waals surface area contributed by atoms with E-state index in [2.05, 4.69) is 41.5 Å². The summed E-state index contributed by atoms with van der Waals surface area (Å²) in [6.45, 7) is 15.5. The van der Waals surface area contributed by atoms with Crippen LogP contribution >= 0.6 is 0 Å².